The summed E-state index contributed by atoms with van der Waals surface area (Å²) in [5.74, 6) is -0.949. The molecule has 64 heavy (non-hydrogen) atoms. The van der Waals surface area contributed by atoms with Crippen molar-refractivity contribution in [3.8, 4) is 0 Å². The fourth-order valence-corrected chi connectivity index (χ4v) is 6.63. The minimum absolute atomic E-state index is 0.0917. The van der Waals surface area contributed by atoms with Crippen LogP contribution in [0.2, 0.25) is 0 Å². The van der Waals surface area contributed by atoms with E-state index in [0.29, 0.717) is 19.3 Å². The fraction of sp³-hybridized carbons (Fsp3) is 0.638. The summed E-state index contributed by atoms with van der Waals surface area (Å²) in [6.07, 6.45) is 69.7. The Bertz CT molecular complexity index is 1340. The van der Waals surface area contributed by atoms with Crippen LogP contribution in [0.3, 0.4) is 0 Å². The maximum atomic E-state index is 12.7. The lowest BCUT2D eigenvalue weighted by Crippen LogP contribution is -2.30. The summed E-state index contributed by atoms with van der Waals surface area (Å²) >= 11 is 0. The van der Waals surface area contributed by atoms with Gasteiger partial charge < -0.3 is 14.2 Å². The van der Waals surface area contributed by atoms with E-state index in [0.717, 1.165) is 148 Å². The van der Waals surface area contributed by atoms with Crippen LogP contribution in [0.1, 0.15) is 220 Å². The molecule has 0 aromatic heterocycles. The van der Waals surface area contributed by atoms with Gasteiger partial charge in [0.05, 0.1) is 0 Å². The van der Waals surface area contributed by atoms with Crippen molar-refractivity contribution in [3.63, 3.8) is 0 Å². The standard InChI is InChI=1S/C58H94O6/c1-4-7-10-13-15-17-19-21-22-23-24-25-26-27-28-29-30-31-32-33-34-35-36-37-39-40-42-45-48-51-57(60)63-54-55(53-62-56(59)50-47-44-12-9-6-3)64-58(61)52-49-46-43-41-38-20-18-16-14-11-8-5-2/h7,10,15-18,21-22,24-25,27-28,30-31,33-34,36-37,55H,4-6,8-9,11-14,19-20,23,26,29,32,35,38-54H2,1-3H3/b10-7-,17-15-,18-16-,22-21-,25-24-,28-27-,31-30-,34-33-,37-36-. The molecule has 0 saturated carbocycles. The molecule has 0 aromatic rings. The van der Waals surface area contributed by atoms with Crippen molar-refractivity contribution in [2.24, 2.45) is 0 Å². The number of hydrogen-bond donors (Lipinski definition) is 0. The molecular formula is C58H94O6. The van der Waals surface area contributed by atoms with Crippen molar-refractivity contribution < 1.29 is 28.6 Å². The summed E-state index contributed by atoms with van der Waals surface area (Å²) in [5.41, 5.74) is 0. The Hall–Kier alpha value is -3.93. The van der Waals surface area contributed by atoms with Crippen molar-refractivity contribution >= 4 is 17.9 Å². The Morgan fingerprint density at radius 3 is 1.00 bits per heavy atom. The topological polar surface area (TPSA) is 78.9 Å². The van der Waals surface area contributed by atoms with E-state index in [1.165, 1.54) is 32.1 Å². The molecule has 6 nitrogen and oxygen atoms in total. The van der Waals surface area contributed by atoms with Crippen molar-refractivity contribution in [3.05, 3.63) is 109 Å². The average molecular weight is 887 g/mol. The van der Waals surface area contributed by atoms with E-state index in [1.54, 1.807) is 0 Å². The van der Waals surface area contributed by atoms with Crippen molar-refractivity contribution in [2.75, 3.05) is 13.2 Å². The zero-order valence-corrected chi connectivity index (χ0v) is 41.3. The number of rotatable bonds is 45. The molecule has 0 saturated heterocycles. The molecule has 0 N–H and O–H groups in total. The number of carbonyl (C=O) groups is 3. The first-order valence-corrected chi connectivity index (χ1v) is 25.9. The third kappa shape index (κ3) is 49.1. The quantitative estimate of drug-likeness (QED) is 0.0262. The zero-order valence-electron chi connectivity index (χ0n) is 41.3. The van der Waals surface area contributed by atoms with Gasteiger partial charge in [-0.05, 0) is 109 Å². The highest BCUT2D eigenvalue weighted by Crippen LogP contribution is 2.12. The highest BCUT2D eigenvalue weighted by Gasteiger charge is 2.19. The molecule has 0 fully saturated rings. The number of hydrogen-bond acceptors (Lipinski definition) is 6. The van der Waals surface area contributed by atoms with E-state index in [2.05, 4.69) is 130 Å². The molecule has 0 spiro atoms. The monoisotopic (exact) mass is 887 g/mol. The molecule has 362 valence electrons. The molecule has 0 radical (unpaired) electrons. The third-order valence-corrected chi connectivity index (χ3v) is 10.5. The van der Waals surface area contributed by atoms with Gasteiger partial charge in [-0.2, -0.15) is 0 Å². The van der Waals surface area contributed by atoms with Crippen LogP contribution in [0.15, 0.2) is 109 Å². The molecule has 0 heterocycles. The highest BCUT2D eigenvalue weighted by molar-refractivity contribution is 5.71. The fourth-order valence-electron chi connectivity index (χ4n) is 6.63. The zero-order chi connectivity index (χ0) is 46.5. The normalized spacial score (nSPS) is 13.0. The van der Waals surface area contributed by atoms with Gasteiger partial charge in [0, 0.05) is 19.3 Å². The van der Waals surface area contributed by atoms with Gasteiger partial charge in [0.15, 0.2) is 6.10 Å². The van der Waals surface area contributed by atoms with Crippen LogP contribution in [-0.2, 0) is 28.6 Å². The lowest BCUT2D eigenvalue weighted by molar-refractivity contribution is -0.167. The molecule has 1 unspecified atom stereocenters. The Morgan fingerprint density at radius 1 is 0.328 bits per heavy atom. The summed E-state index contributed by atoms with van der Waals surface area (Å²) in [4.78, 5) is 37.6. The van der Waals surface area contributed by atoms with Gasteiger partial charge in [-0.3, -0.25) is 14.4 Å². The first-order valence-electron chi connectivity index (χ1n) is 25.9. The molecule has 1 atom stereocenters. The van der Waals surface area contributed by atoms with Crippen molar-refractivity contribution in [1.29, 1.82) is 0 Å². The van der Waals surface area contributed by atoms with Gasteiger partial charge in [-0.15, -0.1) is 0 Å². The van der Waals surface area contributed by atoms with Crippen LogP contribution in [0.25, 0.3) is 0 Å². The van der Waals surface area contributed by atoms with Crippen LogP contribution in [0, 0.1) is 0 Å². The van der Waals surface area contributed by atoms with Crippen molar-refractivity contribution in [1.82, 2.24) is 0 Å². The third-order valence-electron chi connectivity index (χ3n) is 10.5. The van der Waals surface area contributed by atoms with E-state index in [4.69, 9.17) is 14.2 Å². The summed E-state index contributed by atoms with van der Waals surface area (Å²) in [6, 6.07) is 0. The van der Waals surface area contributed by atoms with E-state index >= 15 is 0 Å². The molecule has 0 aliphatic rings. The molecule has 0 rings (SSSR count). The first kappa shape index (κ1) is 60.1. The molecule has 0 aromatic carbocycles. The van der Waals surface area contributed by atoms with Crippen LogP contribution in [0.5, 0.6) is 0 Å². The molecular weight excluding hydrogens is 793 g/mol. The number of carbonyl (C=O) groups excluding carboxylic acids is 3. The average Bonchev–Trinajstić information content (AvgIpc) is 3.29. The van der Waals surface area contributed by atoms with Crippen LogP contribution < -0.4 is 0 Å². The SMILES string of the molecule is CC/C=C\C/C=C\C/C=C\C/C=C\C/C=C\C/C=C\C/C=C\C/C=C\CCCCCCC(=O)OCC(COC(=O)CCCCCCC)OC(=O)CCCCCCC/C=C\CCCCC. The molecule has 0 aliphatic carbocycles. The number of unbranched alkanes of at least 4 members (excludes halogenated alkanes) is 16. The predicted octanol–water partition coefficient (Wildman–Crippen LogP) is 17.1. The largest absolute Gasteiger partial charge is 0.462 e. The molecule has 0 bridgehead atoms. The summed E-state index contributed by atoms with van der Waals surface area (Å²) in [7, 11) is 0. The van der Waals surface area contributed by atoms with Crippen LogP contribution in [0.4, 0.5) is 0 Å². The minimum Gasteiger partial charge on any atom is -0.462 e. The summed E-state index contributed by atoms with van der Waals surface area (Å²) < 4.78 is 16.6. The van der Waals surface area contributed by atoms with Crippen molar-refractivity contribution in [2.45, 2.75) is 226 Å². The summed E-state index contributed by atoms with van der Waals surface area (Å²) in [6.45, 7) is 6.36. The summed E-state index contributed by atoms with van der Waals surface area (Å²) in [5, 5.41) is 0. The second-order valence-corrected chi connectivity index (χ2v) is 16.7. The van der Waals surface area contributed by atoms with Gasteiger partial charge in [0.1, 0.15) is 13.2 Å². The minimum atomic E-state index is -0.789. The van der Waals surface area contributed by atoms with E-state index < -0.39 is 6.10 Å². The highest BCUT2D eigenvalue weighted by atomic mass is 16.6. The maximum Gasteiger partial charge on any atom is 0.306 e. The predicted molar refractivity (Wildman–Crippen MR) is 274 cm³/mol. The number of ether oxygens (including phenoxy) is 3. The number of allylic oxidation sites excluding steroid dienone is 18. The molecule has 0 amide bonds. The molecule has 0 aliphatic heterocycles. The Labute approximate surface area is 393 Å². The molecule has 6 heteroatoms. The van der Waals surface area contributed by atoms with Gasteiger partial charge in [0.2, 0.25) is 0 Å². The Kier molecular flexibility index (Phi) is 48.5. The van der Waals surface area contributed by atoms with Gasteiger partial charge in [0.25, 0.3) is 0 Å². The van der Waals surface area contributed by atoms with E-state index in [9.17, 15) is 14.4 Å². The van der Waals surface area contributed by atoms with E-state index in [-0.39, 0.29) is 31.1 Å². The van der Waals surface area contributed by atoms with Gasteiger partial charge in [-0.25, -0.2) is 0 Å². The van der Waals surface area contributed by atoms with Gasteiger partial charge >= 0.3 is 17.9 Å². The Morgan fingerprint density at radius 2 is 0.609 bits per heavy atom. The Balaban J connectivity index is 4.18. The lowest BCUT2D eigenvalue weighted by Gasteiger charge is -2.18. The number of esters is 3. The van der Waals surface area contributed by atoms with E-state index in [1.807, 2.05) is 0 Å². The van der Waals surface area contributed by atoms with Crippen LogP contribution in [-0.4, -0.2) is 37.2 Å². The second-order valence-electron chi connectivity index (χ2n) is 16.7. The smallest absolute Gasteiger partial charge is 0.306 e. The second kappa shape index (κ2) is 51.7. The van der Waals surface area contributed by atoms with Crippen LogP contribution >= 0.6 is 0 Å². The van der Waals surface area contributed by atoms with Gasteiger partial charge in [-0.1, -0.05) is 201 Å². The maximum absolute atomic E-state index is 12.7. The first-order chi connectivity index (χ1) is 31.5. The lowest BCUT2D eigenvalue weighted by atomic mass is 10.1.